The van der Waals surface area contributed by atoms with Crippen molar-refractivity contribution in [3.8, 4) is 0 Å². The number of carbonyl (C=O) groups excluding carboxylic acids is 1. The summed E-state index contributed by atoms with van der Waals surface area (Å²) >= 11 is 0. The topological polar surface area (TPSA) is 44.4 Å². The Labute approximate surface area is 168 Å². The Kier molecular flexibility index (Phi) is 7.11. The summed E-state index contributed by atoms with van der Waals surface area (Å²) in [5.41, 5.74) is 1.41. The van der Waals surface area contributed by atoms with Crippen LogP contribution in [0.5, 0.6) is 0 Å². The van der Waals surface area contributed by atoms with E-state index in [1.807, 2.05) is 0 Å². The van der Waals surface area contributed by atoms with Gasteiger partial charge in [0.25, 0.3) is 0 Å². The molecule has 27 heavy (non-hydrogen) atoms. The van der Waals surface area contributed by atoms with Crippen molar-refractivity contribution in [3.63, 3.8) is 0 Å². The van der Waals surface area contributed by atoms with Gasteiger partial charge in [-0.05, 0) is 61.0 Å². The number of nitrogens with one attached hydrogen (secondary N) is 2. The predicted molar refractivity (Wildman–Crippen MR) is 113 cm³/mol. The summed E-state index contributed by atoms with van der Waals surface area (Å²) in [4.78, 5) is 14.8. The maximum Gasteiger partial charge on any atom is 0.237 e. The minimum Gasteiger partial charge on any atom is -0.354 e. The third-order valence-electron chi connectivity index (χ3n) is 5.82. The molecule has 0 aromatic heterocycles. The number of piperidine rings is 1. The number of amides is 1. The molecular formula is C22H30ClN3O. The number of rotatable bonds is 5. The van der Waals surface area contributed by atoms with Crippen molar-refractivity contribution in [1.82, 2.24) is 15.5 Å². The Morgan fingerprint density at radius 2 is 1.96 bits per heavy atom. The summed E-state index contributed by atoms with van der Waals surface area (Å²) in [6.07, 6.45) is 4.52. The molecule has 2 saturated heterocycles. The normalized spacial score (nSPS) is 23.1. The van der Waals surface area contributed by atoms with E-state index in [0.717, 1.165) is 45.6 Å². The van der Waals surface area contributed by atoms with E-state index in [9.17, 15) is 4.79 Å². The maximum absolute atomic E-state index is 12.2. The Hall–Kier alpha value is -1.62. The van der Waals surface area contributed by atoms with Crippen LogP contribution in [0.25, 0.3) is 10.8 Å². The number of likely N-dealkylation sites (tertiary alicyclic amines) is 1. The first-order valence-corrected chi connectivity index (χ1v) is 10.00. The Bertz CT molecular complexity index is 755. The van der Waals surface area contributed by atoms with Crippen molar-refractivity contribution in [2.45, 2.75) is 38.3 Å². The molecule has 0 saturated carbocycles. The number of benzene rings is 2. The van der Waals surface area contributed by atoms with Crippen molar-refractivity contribution >= 4 is 29.1 Å². The molecule has 2 aromatic carbocycles. The molecule has 2 aromatic rings. The second-order valence-electron chi connectivity index (χ2n) is 7.78. The van der Waals surface area contributed by atoms with Crippen LogP contribution in [0.3, 0.4) is 0 Å². The zero-order valence-corrected chi connectivity index (χ0v) is 16.6. The SMILES string of the molecule is Cl.O=C(NCC1CCCN(Cc2cccc3ccccc23)C1)C1CCCN1. The van der Waals surface area contributed by atoms with E-state index in [1.165, 1.54) is 29.2 Å². The molecule has 0 spiro atoms. The van der Waals surface area contributed by atoms with Gasteiger partial charge < -0.3 is 10.6 Å². The fourth-order valence-electron chi connectivity index (χ4n) is 4.41. The van der Waals surface area contributed by atoms with E-state index >= 15 is 0 Å². The third-order valence-corrected chi connectivity index (χ3v) is 5.82. The monoisotopic (exact) mass is 387 g/mol. The quantitative estimate of drug-likeness (QED) is 0.827. The average Bonchev–Trinajstić information content (AvgIpc) is 3.22. The van der Waals surface area contributed by atoms with E-state index in [4.69, 9.17) is 0 Å². The predicted octanol–water partition coefficient (Wildman–Crippen LogP) is 3.34. The van der Waals surface area contributed by atoms with Gasteiger partial charge in [0.05, 0.1) is 6.04 Å². The summed E-state index contributed by atoms with van der Waals surface area (Å²) < 4.78 is 0. The second-order valence-corrected chi connectivity index (χ2v) is 7.78. The lowest BCUT2D eigenvalue weighted by Crippen LogP contribution is -2.45. The first-order chi connectivity index (χ1) is 12.8. The van der Waals surface area contributed by atoms with Gasteiger partial charge in [-0.1, -0.05) is 42.5 Å². The molecule has 0 aliphatic carbocycles. The van der Waals surface area contributed by atoms with Gasteiger partial charge in [0.2, 0.25) is 5.91 Å². The summed E-state index contributed by atoms with van der Waals surface area (Å²) in [5.74, 6) is 0.748. The van der Waals surface area contributed by atoms with Gasteiger partial charge in [-0.2, -0.15) is 0 Å². The van der Waals surface area contributed by atoms with Crippen LogP contribution in [0.4, 0.5) is 0 Å². The van der Waals surface area contributed by atoms with Crippen molar-refractivity contribution < 1.29 is 4.79 Å². The standard InChI is InChI=1S/C22H29N3O.ClH/c26-22(21-11-4-12-23-21)24-14-17-6-5-13-25(15-17)16-19-9-3-8-18-7-1-2-10-20(18)19;/h1-3,7-10,17,21,23H,4-6,11-16H2,(H,24,26);1H. The van der Waals surface area contributed by atoms with Crippen LogP contribution in [-0.2, 0) is 11.3 Å². The highest BCUT2D eigenvalue weighted by molar-refractivity contribution is 5.86. The molecule has 2 aliphatic rings. The molecule has 5 heteroatoms. The highest BCUT2D eigenvalue weighted by atomic mass is 35.5. The summed E-state index contributed by atoms with van der Waals surface area (Å²) in [6, 6.07) is 15.3. The highest BCUT2D eigenvalue weighted by Gasteiger charge is 2.24. The first-order valence-electron chi connectivity index (χ1n) is 10.00. The molecule has 2 heterocycles. The van der Waals surface area contributed by atoms with E-state index in [-0.39, 0.29) is 24.4 Å². The Morgan fingerprint density at radius 1 is 1.11 bits per heavy atom. The van der Waals surface area contributed by atoms with Crippen LogP contribution in [-0.4, -0.2) is 43.0 Å². The zero-order valence-electron chi connectivity index (χ0n) is 15.8. The molecule has 2 atom stereocenters. The van der Waals surface area contributed by atoms with Gasteiger partial charge in [-0.15, -0.1) is 12.4 Å². The number of carbonyl (C=O) groups is 1. The van der Waals surface area contributed by atoms with Gasteiger partial charge in [-0.3, -0.25) is 9.69 Å². The van der Waals surface area contributed by atoms with Gasteiger partial charge in [0.1, 0.15) is 0 Å². The molecule has 2 N–H and O–H groups in total. The molecule has 1 amide bonds. The fourth-order valence-corrected chi connectivity index (χ4v) is 4.41. The van der Waals surface area contributed by atoms with Crippen LogP contribution in [0, 0.1) is 5.92 Å². The lowest BCUT2D eigenvalue weighted by atomic mass is 9.96. The highest BCUT2D eigenvalue weighted by Crippen LogP contribution is 2.23. The van der Waals surface area contributed by atoms with E-state index in [0.29, 0.717) is 5.92 Å². The van der Waals surface area contributed by atoms with Gasteiger partial charge >= 0.3 is 0 Å². The van der Waals surface area contributed by atoms with E-state index < -0.39 is 0 Å². The Balaban J connectivity index is 0.00000210. The van der Waals surface area contributed by atoms with Crippen LogP contribution >= 0.6 is 12.4 Å². The fraction of sp³-hybridized carbons (Fsp3) is 0.500. The van der Waals surface area contributed by atoms with Crippen LogP contribution < -0.4 is 10.6 Å². The number of hydrogen-bond acceptors (Lipinski definition) is 3. The third kappa shape index (κ3) is 5.01. The van der Waals surface area contributed by atoms with E-state index in [2.05, 4.69) is 58.0 Å². The smallest absolute Gasteiger partial charge is 0.237 e. The molecule has 2 fully saturated rings. The lowest BCUT2D eigenvalue weighted by Gasteiger charge is -2.33. The van der Waals surface area contributed by atoms with E-state index in [1.54, 1.807) is 0 Å². The molecule has 0 bridgehead atoms. The van der Waals surface area contributed by atoms with Crippen molar-refractivity contribution in [2.24, 2.45) is 5.92 Å². The zero-order chi connectivity index (χ0) is 17.8. The van der Waals surface area contributed by atoms with Crippen LogP contribution in [0.1, 0.15) is 31.2 Å². The van der Waals surface area contributed by atoms with Gasteiger partial charge in [0.15, 0.2) is 0 Å². The van der Waals surface area contributed by atoms with Crippen LogP contribution in [0.2, 0.25) is 0 Å². The van der Waals surface area contributed by atoms with Crippen molar-refractivity contribution in [2.75, 3.05) is 26.2 Å². The molecule has 2 aliphatic heterocycles. The minimum absolute atomic E-state index is 0. The number of fused-ring (bicyclic) bond motifs is 1. The molecule has 4 nitrogen and oxygen atoms in total. The maximum atomic E-state index is 12.2. The lowest BCUT2D eigenvalue weighted by molar-refractivity contribution is -0.123. The van der Waals surface area contributed by atoms with Crippen molar-refractivity contribution in [3.05, 3.63) is 48.0 Å². The summed E-state index contributed by atoms with van der Waals surface area (Å²) in [5, 5.41) is 9.13. The summed E-state index contributed by atoms with van der Waals surface area (Å²) in [7, 11) is 0. The van der Waals surface area contributed by atoms with Crippen LogP contribution in [0.15, 0.2) is 42.5 Å². The average molecular weight is 388 g/mol. The van der Waals surface area contributed by atoms with Crippen molar-refractivity contribution in [1.29, 1.82) is 0 Å². The minimum atomic E-state index is 0. The van der Waals surface area contributed by atoms with Gasteiger partial charge in [0, 0.05) is 19.6 Å². The first kappa shape index (κ1) is 20.1. The number of halogens is 1. The molecule has 146 valence electrons. The largest absolute Gasteiger partial charge is 0.354 e. The Morgan fingerprint density at radius 3 is 2.81 bits per heavy atom. The second kappa shape index (κ2) is 9.54. The van der Waals surface area contributed by atoms with Gasteiger partial charge in [-0.25, -0.2) is 0 Å². The molecule has 2 unspecified atom stereocenters. The summed E-state index contributed by atoms with van der Waals surface area (Å²) in [6.45, 7) is 5.00. The molecule has 0 radical (unpaired) electrons. The molecular weight excluding hydrogens is 358 g/mol. The number of nitrogens with zero attached hydrogens (tertiary/aromatic N) is 1. The number of hydrogen-bond donors (Lipinski definition) is 2. The molecule has 4 rings (SSSR count).